The molecular weight excluding hydrogens is 318 g/mol. The van der Waals surface area contributed by atoms with Gasteiger partial charge in [-0.1, -0.05) is 6.07 Å². The molecule has 0 amide bonds. The summed E-state index contributed by atoms with van der Waals surface area (Å²) < 4.78 is 5.52. The number of hydrogen-bond donors (Lipinski definition) is 2. The van der Waals surface area contributed by atoms with Crippen LogP contribution in [0.4, 0.5) is 0 Å². The number of H-pyrrole nitrogens is 2. The van der Waals surface area contributed by atoms with Crippen LogP contribution in [0, 0.1) is 0 Å². The fraction of sp³-hybridized carbons (Fsp3) is 0. The average molecular weight is 329 g/mol. The van der Waals surface area contributed by atoms with Crippen LogP contribution in [0.5, 0.6) is 0 Å². The van der Waals surface area contributed by atoms with Crippen molar-refractivity contribution in [3.8, 4) is 22.7 Å². The van der Waals surface area contributed by atoms with E-state index < -0.39 is 0 Å². The summed E-state index contributed by atoms with van der Waals surface area (Å²) in [5.74, 6) is 0.582. The molecule has 0 atom stereocenters. The van der Waals surface area contributed by atoms with Crippen molar-refractivity contribution in [2.24, 2.45) is 0 Å². The van der Waals surface area contributed by atoms with E-state index in [9.17, 15) is 4.79 Å². The lowest BCUT2D eigenvalue weighted by molar-refractivity contribution is 0.580. The molecule has 1 aromatic carbocycles. The molecular formula is C18H11N5O2. The second-order valence-electron chi connectivity index (χ2n) is 5.57. The predicted molar refractivity (Wildman–Crippen MR) is 92.9 cm³/mol. The van der Waals surface area contributed by atoms with Crippen LogP contribution in [0.2, 0.25) is 0 Å². The summed E-state index contributed by atoms with van der Waals surface area (Å²) in [6.45, 7) is 0. The van der Waals surface area contributed by atoms with E-state index >= 15 is 0 Å². The van der Waals surface area contributed by atoms with E-state index in [2.05, 4.69) is 24.9 Å². The van der Waals surface area contributed by atoms with E-state index in [0.29, 0.717) is 22.8 Å². The molecule has 0 bridgehead atoms. The van der Waals surface area contributed by atoms with Gasteiger partial charge in [-0.15, -0.1) is 0 Å². The molecule has 0 unspecified atom stereocenters. The largest absolute Gasteiger partial charge is 0.463 e. The van der Waals surface area contributed by atoms with E-state index in [1.165, 1.54) is 6.07 Å². The van der Waals surface area contributed by atoms with Crippen LogP contribution in [0.15, 0.2) is 64.4 Å². The van der Waals surface area contributed by atoms with Crippen LogP contribution in [-0.4, -0.2) is 24.9 Å². The molecule has 4 aromatic heterocycles. The molecule has 5 aromatic rings. The molecule has 0 fully saturated rings. The normalized spacial score (nSPS) is 11.4. The Morgan fingerprint density at radius 3 is 2.84 bits per heavy atom. The van der Waals surface area contributed by atoms with Crippen molar-refractivity contribution < 1.29 is 4.42 Å². The Balaban J connectivity index is 1.86. The molecule has 0 aliphatic rings. The van der Waals surface area contributed by atoms with Gasteiger partial charge < -0.3 is 14.4 Å². The molecule has 5 rings (SSSR count). The van der Waals surface area contributed by atoms with Crippen molar-refractivity contribution in [2.45, 2.75) is 0 Å². The number of hydrogen-bond acceptors (Lipinski definition) is 5. The van der Waals surface area contributed by atoms with Crippen LogP contribution in [0.25, 0.3) is 44.9 Å². The van der Waals surface area contributed by atoms with Gasteiger partial charge >= 0.3 is 0 Å². The third-order valence-corrected chi connectivity index (χ3v) is 4.03. The Morgan fingerprint density at radius 1 is 1.00 bits per heavy atom. The summed E-state index contributed by atoms with van der Waals surface area (Å²) in [7, 11) is 0. The molecule has 0 saturated carbocycles. The second-order valence-corrected chi connectivity index (χ2v) is 5.57. The first-order valence-corrected chi connectivity index (χ1v) is 7.66. The van der Waals surface area contributed by atoms with Crippen molar-refractivity contribution in [2.75, 3.05) is 0 Å². The summed E-state index contributed by atoms with van der Waals surface area (Å²) in [6, 6.07) is 10.8. The summed E-state index contributed by atoms with van der Waals surface area (Å²) in [4.78, 5) is 31.6. The number of fused-ring (bicyclic) bond motifs is 2. The number of aromatic amines is 2. The number of benzene rings is 1. The van der Waals surface area contributed by atoms with Crippen molar-refractivity contribution in [3.05, 3.63) is 65.4 Å². The van der Waals surface area contributed by atoms with Crippen molar-refractivity contribution in [1.82, 2.24) is 24.9 Å². The first kappa shape index (κ1) is 13.7. The third-order valence-electron chi connectivity index (χ3n) is 4.03. The van der Waals surface area contributed by atoms with Gasteiger partial charge in [-0.05, 0) is 24.3 Å². The van der Waals surface area contributed by atoms with Gasteiger partial charge in [0.05, 0.1) is 23.6 Å². The number of rotatable bonds is 2. The summed E-state index contributed by atoms with van der Waals surface area (Å²) in [5, 5.41) is 0. The highest BCUT2D eigenvalue weighted by Gasteiger charge is 2.17. The molecule has 2 N–H and O–H groups in total. The van der Waals surface area contributed by atoms with Crippen LogP contribution < -0.4 is 5.43 Å². The third kappa shape index (κ3) is 2.13. The topological polar surface area (TPSA) is 100 Å². The van der Waals surface area contributed by atoms with Gasteiger partial charge in [0.25, 0.3) is 0 Å². The van der Waals surface area contributed by atoms with Gasteiger partial charge in [0.15, 0.2) is 16.9 Å². The SMILES string of the molecule is O=c1cc[nH]c2nc(-c3ccco3)c(-c3ccc4nc[nH]c4c3)nc12. The number of furan rings is 1. The highest BCUT2D eigenvalue weighted by Crippen LogP contribution is 2.31. The Labute approximate surface area is 140 Å². The monoisotopic (exact) mass is 329 g/mol. The molecule has 120 valence electrons. The van der Waals surface area contributed by atoms with Gasteiger partial charge in [-0.3, -0.25) is 4.79 Å². The zero-order valence-corrected chi connectivity index (χ0v) is 12.9. The maximum atomic E-state index is 12.2. The lowest BCUT2D eigenvalue weighted by Crippen LogP contribution is -2.06. The molecule has 7 heteroatoms. The predicted octanol–water partition coefficient (Wildman–Crippen LogP) is 3.12. The average Bonchev–Trinajstić information content (AvgIpc) is 3.32. The highest BCUT2D eigenvalue weighted by molar-refractivity contribution is 5.87. The zero-order valence-electron chi connectivity index (χ0n) is 12.9. The summed E-state index contributed by atoms with van der Waals surface area (Å²) in [5.41, 5.74) is 4.23. The molecule has 0 aliphatic carbocycles. The Hall–Kier alpha value is -3.74. The van der Waals surface area contributed by atoms with E-state index in [0.717, 1.165) is 16.6 Å². The van der Waals surface area contributed by atoms with Crippen LogP contribution in [0.3, 0.4) is 0 Å². The van der Waals surface area contributed by atoms with Gasteiger partial charge in [-0.25, -0.2) is 15.0 Å². The van der Waals surface area contributed by atoms with Gasteiger partial charge in [0.1, 0.15) is 11.4 Å². The van der Waals surface area contributed by atoms with E-state index in [4.69, 9.17) is 4.42 Å². The molecule has 0 spiro atoms. The number of imidazole rings is 1. The number of nitrogens with one attached hydrogen (secondary N) is 2. The lowest BCUT2D eigenvalue weighted by atomic mass is 10.1. The van der Waals surface area contributed by atoms with Gasteiger partial charge in [0, 0.05) is 17.8 Å². The Kier molecular flexibility index (Phi) is 2.81. The first-order chi connectivity index (χ1) is 12.3. The quantitative estimate of drug-likeness (QED) is 0.518. The highest BCUT2D eigenvalue weighted by atomic mass is 16.3. The standard InChI is InChI=1S/C18H11N5O2/c24-13-5-6-19-18-16(13)22-15(17(23-18)14-2-1-7-25-14)10-3-4-11-12(8-10)21-9-20-11/h1-9H,(H,20,21)(H,19,23,24). The molecule has 4 heterocycles. The minimum atomic E-state index is -0.184. The first-order valence-electron chi connectivity index (χ1n) is 7.66. The van der Waals surface area contributed by atoms with Crippen LogP contribution >= 0.6 is 0 Å². The Bertz CT molecular complexity index is 1270. The summed E-state index contributed by atoms with van der Waals surface area (Å²) in [6.07, 6.45) is 4.77. The fourth-order valence-electron chi connectivity index (χ4n) is 2.85. The number of nitrogens with zero attached hydrogens (tertiary/aromatic N) is 3. The molecule has 0 radical (unpaired) electrons. The summed E-state index contributed by atoms with van der Waals surface area (Å²) >= 11 is 0. The van der Waals surface area contributed by atoms with Crippen LogP contribution in [0.1, 0.15) is 0 Å². The molecule has 25 heavy (non-hydrogen) atoms. The molecule has 0 aliphatic heterocycles. The van der Waals surface area contributed by atoms with E-state index in [-0.39, 0.29) is 10.9 Å². The van der Waals surface area contributed by atoms with Gasteiger partial charge in [0.2, 0.25) is 5.43 Å². The zero-order chi connectivity index (χ0) is 16.8. The minimum Gasteiger partial charge on any atom is -0.463 e. The molecule has 0 saturated heterocycles. The smallest absolute Gasteiger partial charge is 0.209 e. The van der Waals surface area contributed by atoms with E-state index in [1.807, 2.05) is 24.3 Å². The van der Waals surface area contributed by atoms with Crippen molar-refractivity contribution >= 4 is 22.2 Å². The number of aromatic nitrogens is 5. The fourth-order valence-corrected chi connectivity index (χ4v) is 2.85. The van der Waals surface area contributed by atoms with Gasteiger partial charge in [-0.2, -0.15) is 0 Å². The maximum absolute atomic E-state index is 12.2. The van der Waals surface area contributed by atoms with Crippen molar-refractivity contribution in [3.63, 3.8) is 0 Å². The van der Waals surface area contributed by atoms with Crippen LogP contribution in [-0.2, 0) is 0 Å². The minimum absolute atomic E-state index is 0.184. The van der Waals surface area contributed by atoms with Crippen molar-refractivity contribution in [1.29, 1.82) is 0 Å². The molecule has 7 nitrogen and oxygen atoms in total. The maximum Gasteiger partial charge on any atom is 0.209 e. The number of pyridine rings is 1. The van der Waals surface area contributed by atoms with E-state index in [1.54, 1.807) is 24.9 Å². The lowest BCUT2D eigenvalue weighted by Gasteiger charge is -2.08. The Morgan fingerprint density at radius 2 is 1.96 bits per heavy atom. The second kappa shape index (κ2) is 5.13.